The van der Waals surface area contributed by atoms with E-state index >= 15 is 0 Å². The first-order chi connectivity index (χ1) is 20.8. The summed E-state index contributed by atoms with van der Waals surface area (Å²) in [5.74, 6) is 0. The lowest BCUT2D eigenvalue weighted by molar-refractivity contribution is 1.14. The molecule has 10 aromatic rings. The van der Waals surface area contributed by atoms with Gasteiger partial charge in [-0.2, -0.15) is 0 Å². The second-order valence-corrected chi connectivity index (χ2v) is 12.9. The summed E-state index contributed by atoms with van der Waals surface area (Å²) in [4.78, 5) is 5.26. The van der Waals surface area contributed by atoms with Crippen LogP contribution in [-0.2, 0) is 0 Å². The molecule has 4 aromatic heterocycles. The van der Waals surface area contributed by atoms with E-state index in [1.54, 1.807) is 11.3 Å². The number of hydrogen-bond donors (Lipinski definition) is 0. The number of aromatic nitrogens is 3. The molecule has 10 rings (SSSR count). The third-order valence-corrected chi connectivity index (χ3v) is 10.8. The average molecular weight is 572 g/mol. The molecule has 0 atom stereocenters. The summed E-state index contributed by atoms with van der Waals surface area (Å²) in [5.41, 5.74) is 6.98. The molecule has 196 valence electrons. The molecule has 0 aliphatic rings. The summed E-state index contributed by atoms with van der Waals surface area (Å²) in [6, 6.07) is 46.1. The lowest BCUT2D eigenvalue weighted by atomic mass is 10.1. The van der Waals surface area contributed by atoms with Crippen LogP contribution < -0.4 is 0 Å². The lowest BCUT2D eigenvalue weighted by Crippen LogP contribution is -1.96. The highest BCUT2D eigenvalue weighted by atomic mass is 32.1. The zero-order valence-electron chi connectivity index (χ0n) is 22.3. The van der Waals surface area contributed by atoms with Crippen molar-refractivity contribution in [2.45, 2.75) is 0 Å². The maximum absolute atomic E-state index is 5.26. The summed E-state index contributed by atoms with van der Waals surface area (Å²) < 4.78 is 8.65. The minimum Gasteiger partial charge on any atom is -0.309 e. The van der Waals surface area contributed by atoms with Crippen LogP contribution in [0.5, 0.6) is 0 Å². The van der Waals surface area contributed by atoms with Gasteiger partial charge in [-0.05, 0) is 48.5 Å². The molecule has 0 fully saturated rings. The van der Waals surface area contributed by atoms with Crippen molar-refractivity contribution in [2.24, 2.45) is 0 Å². The fourth-order valence-electron chi connectivity index (χ4n) is 6.78. The molecule has 0 radical (unpaired) electrons. The molecule has 0 N–H and O–H groups in total. The number of nitrogens with zero attached hydrogens (tertiary/aromatic N) is 3. The maximum atomic E-state index is 5.26. The van der Waals surface area contributed by atoms with Crippen molar-refractivity contribution in [2.75, 3.05) is 0 Å². The van der Waals surface area contributed by atoms with E-state index in [1.165, 1.54) is 68.5 Å². The van der Waals surface area contributed by atoms with Gasteiger partial charge in [-0.15, -0.1) is 11.3 Å². The Balaban J connectivity index is 1.30. The number of fused-ring (bicyclic) bond motifs is 11. The monoisotopic (exact) mass is 571 g/mol. The largest absolute Gasteiger partial charge is 0.309 e. The number of rotatable bonds is 2. The minimum atomic E-state index is 0.998. The van der Waals surface area contributed by atoms with Gasteiger partial charge in [0.2, 0.25) is 0 Å². The Morgan fingerprint density at radius 2 is 1.05 bits per heavy atom. The van der Waals surface area contributed by atoms with E-state index in [1.807, 2.05) is 11.3 Å². The van der Waals surface area contributed by atoms with Gasteiger partial charge in [0, 0.05) is 47.4 Å². The van der Waals surface area contributed by atoms with Crippen molar-refractivity contribution in [1.29, 1.82) is 0 Å². The Kier molecular flexibility index (Phi) is 4.48. The number of thiazole rings is 1. The van der Waals surface area contributed by atoms with Gasteiger partial charge in [0.1, 0.15) is 0 Å². The summed E-state index contributed by atoms with van der Waals surface area (Å²) in [7, 11) is 0. The highest BCUT2D eigenvalue weighted by Gasteiger charge is 2.19. The van der Waals surface area contributed by atoms with Crippen LogP contribution in [0.25, 0.3) is 84.8 Å². The fourth-order valence-corrected chi connectivity index (χ4v) is 9.12. The molecule has 0 amide bonds. The topological polar surface area (TPSA) is 22.8 Å². The van der Waals surface area contributed by atoms with Gasteiger partial charge in [0.15, 0.2) is 5.13 Å². The van der Waals surface area contributed by atoms with Crippen LogP contribution >= 0.6 is 22.7 Å². The van der Waals surface area contributed by atoms with E-state index in [9.17, 15) is 0 Å². The molecule has 3 nitrogen and oxygen atoms in total. The van der Waals surface area contributed by atoms with Gasteiger partial charge in [0.25, 0.3) is 0 Å². The smallest absolute Gasteiger partial charge is 0.195 e. The van der Waals surface area contributed by atoms with Crippen molar-refractivity contribution < 1.29 is 0 Å². The summed E-state index contributed by atoms with van der Waals surface area (Å²) >= 11 is 3.65. The van der Waals surface area contributed by atoms with Gasteiger partial charge in [-0.1, -0.05) is 90.2 Å². The molecule has 0 aliphatic carbocycles. The first-order valence-corrected chi connectivity index (χ1v) is 15.7. The van der Waals surface area contributed by atoms with E-state index < -0.39 is 0 Å². The van der Waals surface area contributed by atoms with E-state index in [0.29, 0.717) is 0 Å². The lowest BCUT2D eigenvalue weighted by Gasteiger charge is -2.09. The molecular formula is C37H21N3S2. The van der Waals surface area contributed by atoms with Crippen LogP contribution in [0.3, 0.4) is 0 Å². The predicted molar refractivity (Wildman–Crippen MR) is 181 cm³/mol. The zero-order chi connectivity index (χ0) is 27.4. The third-order valence-electron chi connectivity index (χ3n) is 8.57. The number of para-hydroxylation sites is 3. The number of benzene rings is 6. The molecule has 5 heteroatoms. The first kappa shape index (κ1) is 22.7. The summed E-state index contributed by atoms with van der Waals surface area (Å²) in [6.07, 6.45) is 0. The molecule has 4 heterocycles. The van der Waals surface area contributed by atoms with E-state index in [4.69, 9.17) is 4.98 Å². The molecule has 42 heavy (non-hydrogen) atoms. The van der Waals surface area contributed by atoms with Gasteiger partial charge in [0.05, 0.1) is 32.3 Å². The van der Waals surface area contributed by atoms with E-state index in [0.717, 1.165) is 16.3 Å². The van der Waals surface area contributed by atoms with Crippen molar-refractivity contribution in [3.8, 4) is 10.8 Å². The van der Waals surface area contributed by atoms with Crippen LogP contribution in [0.1, 0.15) is 0 Å². The average Bonchev–Trinajstić information content (AvgIpc) is 3.79. The second kappa shape index (κ2) is 8.29. The Hall–Kier alpha value is -4.97. The summed E-state index contributed by atoms with van der Waals surface area (Å²) in [6.45, 7) is 0. The van der Waals surface area contributed by atoms with Gasteiger partial charge < -0.3 is 4.57 Å². The minimum absolute atomic E-state index is 0.998. The van der Waals surface area contributed by atoms with Gasteiger partial charge >= 0.3 is 0 Å². The molecule has 0 unspecified atom stereocenters. The highest BCUT2D eigenvalue weighted by molar-refractivity contribution is 7.28. The van der Waals surface area contributed by atoms with Crippen LogP contribution in [-0.4, -0.2) is 14.1 Å². The van der Waals surface area contributed by atoms with Crippen LogP contribution in [0, 0.1) is 0 Å². The maximum Gasteiger partial charge on any atom is 0.195 e. The van der Waals surface area contributed by atoms with Crippen LogP contribution in [0.15, 0.2) is 127 Å². The number of hydrogen-bond acceptors (Lipinski definition) is 3. The van der Waals surface area contributed by atoms with E-state index in [-0.39, 0.29) is 0 Å². The Morgan fingerprint density at radius 1 is 0.452 bits per heavy atom. The quantitative estimate of drug-likeness (QED) is 0.202. The molecule has 0 saturated heterocycles. The van der Waals surface area contributed by atoms with Crippen molar-refractivity contribution in [3.63, 3.8) is 0 Å². The van der Waals surface area contributed by atoms with Crippen molar-refractivity contribution in [3.05, 3.63) is 127 Å². The predicted octanol–water partition coefficient (Wildman–Crippen LogP) is 10.9. The Labute approximate surface area is 248 Å². The van der Waals surface area contributed by atoms with Gasteiger partial charge in [-0.25, -0.2) is 4.98 Å². The highest BCUT2D eigenvalue weighted by Crippen LogP contribution is 2.43. The zero-order valence-corrected chi connectivity index (χ0v) is 23.9. The SMILES string of the molecule is c1ccc2c(c1)sc1ccc3nc(-n4c5ccccc5c5ccc(-n6c7ccccc7c7ccccc76)cc54)sc3c12. The second-order valence-electron chi connectivity index (χ2n) is 10.8. The normalized spacial score (nSPS) is 12.3. The third kappa shape index (κ3) is 2.96. The number of thiophene rings is 1. The standard InChI is InChI=1S/C37H21N3S2/c1-5-13-29-23(9-1)24-10-2-6-14-30(24)39(29)22-17-18-26-25-11-3-7-15-31(25)40(32(26)21-22)37-38-28-19-20-34-35(36(28)42-37)27-12-4-8-16-33(27)41-34/h1-21H. The van der Waals surface area contributed by atoms with Crippen LogP contribution in [0.4, 0.5) is 0 Å². The Bertz CT molecular complexity index is 2650. The van der Waals surface area contributed by atoms with Gasteiger partial charge in [-0.3, -0.25) is 4.57 Å². The summed E-state index contributed by atoms with van der Waals surface area (Å²) in [5, 5.41) is 8.65. The van der Waals surface area contributed by atoms with E-state index in [2.05, 4.69) is 137 Å². The molecule has 6 aromatic carbocycles. The molecule has 0 aliphatic heterocycles. The fraction of sp³-hybridized carbons (Fsp3) is 0. The molecule has 0 spiro atoms. The van der Waals surface area contributed by atoms with Crippen molar-refractivity contribution in [1.82, 2.24) is 14.1 Å². The molecular weight excluding hydrogens is 551 g/mol. The first-order valence-electron chi connectivity index (χ1n) is 14.1. The van der Waals surface area contributed by atoms with Crippen molar-refractivity contribution >= 4 is 96.7 Å². The Morgan fingerprint density at radius 3 is 1.76 bits per heavy atom. The van der Waals surface area contributed by atoms with Crippen LogP contribution in [0.2, 0.25) is 0 Å². The molecule has 0 saturated carbocycles. The molecule has 0 bridgehead atoms.